The van der Waals surface area contributed by atoms with E-state index in [-0.39, 0.29) is 29.9 Å². The molecule has 2 aliphatic heterocycles. The van der Waals surface area contributed by atoms with Crippen LogP contribution >= 0.6 is 0 Å². The zero-order valence-electron chi connectivity index (χ0n) is 14.0. The van der Waals surface area contributed by atoms with Gasteiger partial charge in [0, 0.05) is 18.5 Å². The summed E-state index contributed by atoms with van der Waals surface area (Å²) in [5.74, 6) is 0.311. The molecule has 126 valence electrons. The Morgan fingerprint density at radius 3 is 2.72 bits per heavy atom. The zero-order chi connectivity index (χ0) is 16.8. The molecule has 0 radical (unpaired) electrons. The van der Waals surface area contributed by atoms with Crippen molar-refractivity contribution in [1.29, 1.82) is 0 Å². The predicted octanol–water partition coefficient (Wildman–Crippen LogP) is 3.66. The largest absolute Gasteiger partial charge is 0.496 e. The van der Waals surface area contributed by atoms with E-state index in [1.165, 1.54) is 16.7 Å². The van der Waals surface area contributed by atoms with Crippen molar-refractivity contribution in [3.63, 3.8) is 0 Å². The molecule has 1 fully saturated rings. The van der Waals surface area contributed by atoms with Gasteiger partial charge in [-0.25, -0.2) is 0 Å². The number of carbonyl (C=O) groups is 1. The molecule has 1 saturated heterocycles. The molecule has 0 spiro atoms. The molecular formula is C22H21NO2. The fraction of sp³-hybridized carbons (Fsp3) is 0.318. The molecule has 0 saturated carbocycles. The molecule has 0 N–H and O–H groups in total. The van der Waals surface area contributed by atoms with Gasteiger partial charge in [0.05, 0.1) is 12.2 Å². The lowest BCUT2D eigenvalue weighted by atomic mass is 9.70. The van der Waals surface area contributed by atoms with Crippen molar-refractivity contribution in [3.05, 3.63) is 83.6 Å². The van der Waals surface area contributed by atoms with Gasteiger partial charge in [-0.3, -0.25) is 4.79 Å². The molecule has 2 heterocycles. The van der Waals surface area contributed by atoms with Gasteiger partial charge in [-0.05, 0) is 35.6 Å². The Labute approximate surface area is 147 Å². The SMILES string of the molecule is O=C1[C@@H]2C=CO[C@@H]2[C@@H]2c3ccccc3CC[C@H]2N1Cc1ccccc1. The molecule has 3 heteroatoms. The molecule has 3 nitrogen and oxygen atoms in total. The van der Waals surface area contributed by atoms with Crippen molar-refractivity contribution < 1.29 is 9.53 Å². The summed E-state index contributed by atoms with van der Waals surface area (Å²) in [6.45, 7) is 0.681. The van der Waals surface area contributed by atoms with Crippen LogP contribution in [0.25, 0.3) is 0 Å². The first-order chi connectivity index (χ1) is 12.3. The van der Waals surface area contributed by atoms with E-state index >= 15 is 0 Å². The first-order valence-electron chi connectivity index (χ1n) is 9.07. The fourth-order valence-electron chi connectivity index (χ4n) is 4.80. The van der Waals surface area contributed by atoms with Crippen LogP contribution in [-0.2, 0) is 22.5 Å². The first-order valence-corrected chi connectivity index (χ1v) is 9.07. The van der Waals surface area contributed by atoms with Crippen LogP contribution in [0.4, 0.5) is 0 Å². The molecule has 5 rings (SSSR count). The number of ether oxygens (including phenoxy) is 1. The second-order valence-corrected chi connectivity index (χ2v) is 7.24. The monoisotopic (exact) mass is 331 g/mol. The number of rotatable bonds is 2. The number of benzene rings is 2. The lowest BCUT2D eigenvalue weighted by Crippen LogP contribution is -2.57. The third kappa shape index (κ3) is 2.30. The van der Waals surface area contributed by atoms with Crippen molar-refractivity contribution in [2.75, 3.05) is 0 Å². The van der Waals surface area contributed by atoms with E-state index in [0.717, 1.165) is 12.8 Å². The van der Waals surface area contributed by atoms with E-state index in [0.29, 0.717) is 6.54 Å². The van der Waals surface area contributed by atoms with Gasteiger partial charge in [0.2, 0.25) is 5.91 Å². The van der Waals surface area contributed by atoms with Crippen LogP contribution in [-0.4, -0.2) is 23.0 Å². The minimum Gasteiger partial charge on any atom is -0.496 e. The van der Waals surface area contributed by atoms with Crippen molar-refractivity contribution in [1.82, 2.24) is 4.90 Å². The van der Waals surface area contributed by atoms with Gasteiger partial charge in [-0.15, -0.1) is 0 Å². The Morgan fingerprint density at radius 2 is 1.84 bits per heavy atom. The van der Waals surface area contributed by atoms with E-state index in [1.54, 1.807) is 6.26 Å². The molecule has 2 aromatic rings. The van der Waals surface area contributed by atoms with Gasteiger partial charge in [0.1, 0.15) is 6.10 Å². The molecule has 0 bridgehead atoms. The predicted molar refractivity (Wildman–Crippen MR) is 95.8 cm³/mol. The summed E-state index contributed by atoms with van der Waals surface area (Å²) in [4.78, 5) is 15.3. The third-order valence-electron chi connectivity index (χ3n) is 5.93. The highest BCUT2D eigenvalue weighted by atomic mass is 16.5. The summed E-state index contributed by atoms with van der Waals surface area (Å²) in [6, 6.07) is 19.2. The van der Waals surface area contributed by atoms with Gasteiger partial charge in [0.25, 0.3) is 0 Å². The number of fused-ring (bicyclic) bond motifs is 5. The molecule has 0 unspecified atom stereocenters. The van der Waals surface area contributed by atoms with Crippen molar-refractivity contribution in [2.24, 2.45) is 5.92 Å². The Bertz CT molecular complexity index is 829. The molecule has 1 aliphatic carbocycles. The van der Waals surface area contributed by atoms with Gasteiger partial charge < -0.3 is 9.64 Å². The zero-order valence-corrected chi connectivity index (χ0v) is 14.0. The molecule has 3 aliphatic rings. The van der Waals surface area contributed by atoms with E-state index < -0.39 is 0 Å². The van der Waals surface area contributed by atoms with E-state index in [9.17, 15) is 4.79 Å². The second-order valence-electron chi connectivity index (χ2n) is 7.24. The lowest BCUT2D eigenvalue weighted by molar-refractivity contribution is -0.148. The standard InChI is InChI=1S/C22H21NO2/c24-22-18-12-13-25-21(18)20-17-9-5-4-8-16(17)10-11-19(20)23(22)14-15-6-2-1-3-7-15/h1-9,12-13,18-21H,10-11,14H2/t18-,19-,20-,21+/m1/s1. The molecular weight excluding hydrogens is 310 g/mol. The summed E-state index contributed by atoms with van der Waals surface area (Å²) in [6.07, 6.45) is 5.66. The fourth-order valence-corrected chi connectivity index (χ4v) is 4.80. The third-order valence-corrected chi connectivity index (χ3v) is 5.93. The average Bonchev–Trinajstić information content (AvgIpc) is 3.15. The smallest absolute Gasteiger partial charge is 0.233 e. The summed E-state index contributed by atoms with van der Waals surface area (Å²) in [5, 5.41) is 0. The maximum Gasteiger partial charge on any atom is 0.233 e. The van der Waals surface area contributed by atoms with Gasteiger partial charge in [-0.2, -0.15) is 0 Å². The normalized spacial score (nSPS) is 29.6. The van der Waals surface area contributed by atoms with Crippen LogP contribution in [0.3, 0.4) is 0 Å². The summed E-state index contributed by atoms with van der Waals surface area (Å²) in [7, 11) is 0. The van der Waals surface area contributed by atoms with Crippen LogP contribution < -0.4 is 0 Å². The van der Waals surface area contributed by atoms with E-state index in [2.05, 4.69) is 41.3 Å². The highest BCUT2D eigenvalue weighted by molar-refractivity contribution is 5.83. The van der Waals surface area contributed by atoms with E-state index in [4.69, 9.17) is 4.74 Å². The Kier molecular flexibility index (Phi) is 3.40. The van der Waals surface area contributed by atoms with Crippen molar-refractivity contribution in [3.8, 4) is 0 Å². The Balaban J connectivity index is 1.56. The summed E-state index contributed by atoms with van der Waals surface area (Å²) >= 11 is 0. The second kappa shape index (κ2) is 5.76. The Morgan fingerprint density at radius 1 is 1.04 bits per heavy atom. The number of likely N-dealkylation sites (tertiary alicyclic amines) is 1. The van der Waals surface area contributed by atoms with Crippen molar-refractivity contribution in [2.45, 2.75) is 37.5 Å². The summed E-state index contributed by atoms with van der Waals surface area (Å²) in [5.41, 5.74) is 3.96. The molecule has 25 heavy (non-hydrogen) atoms. The topological polar surface area (TPSA) is 29.5 Å². The first kappa shape index (κ1) is 14.8. The Hall–Kier alpha value is -2.55. The highest BCUT2D eigenvalue weighted by Crippen LogP contribution is 2.46. The van der Waals surface area contributed by atoms with Crippen LogP contribution in [0.2, 0.25) is 0 Å². The number of nitrogens with zero attached hydrogens (tertiary/aromatic N) is 1. The number of hydrogen-bond acceptors (Lipinski definition) is 2. The van der Waals surface area contributed by atoms with Crippen LogP contribution in [0.1, 0.15) is 29.0 Å². The minimum absolute atomic E-state index is 0.0500. The van der Waals surface area contributed by atoms with Crippen LogP contribution in [0, 0.1) is 5.92 Å². The van der Waals surface area contributed by atoms with Gasteiger partial charge in [-0.1, -0.05) is 54.6 Å². The van der Waals surface area contributed by atoms with Crippen LogP contribution in [0.5, 0.6) is 0 Å². The molecule has 2 aromatic carbocycles. The number of piperidine rings is 1. The van der Waals surface area contributed by atoms with Crippen LogP contribution in [0.15, 0.2) is 66.9 Å². The molecule has 4 atom stereocenters. The minimum atomic E-state index is -0.156. The maximum atomic E-state index is 13.2. The highest BCUT2D eigenvalue weighted by Gasteiger charge is 2.52. The number of aryl methyl sites for hydroxylation is 1. The summed E-state index contributed by atoms with van der Waals surface area (Å²) < 4.78 is 5.92. The molecule has 0 aromatic heterocycles. The number of amides is 1. The van der Waals surface area contributed by atoms with E-state index in [1.807, 2.05) is 24.3 Å². The van der Waals surface area contributed by atoms with Crippen molar-refractivity contribution >= 4 is 5.91 Å². The van der Waals surface area contributed by atoms with Gasteiger partial charge in [0.15, 0.2) is 0 Å². The number of hydrogen-bond donors (Lipinski definition) is 0. The number of carbonyl (C=O) groups excluding carboxylic acids is 1. The maximum absolute atomic E-state index is 13.2. The quantitative estimate of drug-likeness (QED) is 0.840. The lowest BCUT2D eigenvalue weighted by Gasteiger charge is -2.49. The average molecular weight is 331 g/mol. The van der Waals surface area contributed by atoms with Gasteiger partial charge >= 0.3 is 0 Å². The molecule has 1 amide bonds.